The first-order valence-electron chi connectivity index (χ1n) is 7.99. The van der Waals surface area contributed by atoms with Gasteiger partial charge in [0.15, 0.2) is 6.10 Å². The van der Waals surface area contributed by atoms with E-state index < -0.39 is 0 Å². The SMILES string of the molecule is COc1ccc(COC(c2ccccc2)c2n(C)cc[n+]2C)cc1.[I-]. The Morgan fingerprint density at radius 2 is 1.72 bits per heavy atom. The highest BCUT2D eigenvalue weighted by atomic mass is 127. The van der Waals surface area contributed by atoms with Gasteiger partial charge in [0, 0.05) is 0 Å². The van der Waals surface area contributed by atoms with Crippen LogP contribution >= 0.6 is 0 Å². The zero-order valence-corrected chi connectivity index (χ0v) is 16.9. The third-order valence-electron chi connectivity index (χ3n) is 4.15. The Bertz CT molecular complexity index is 766. The summed E-state index contributed by atoms with van der Waals surface area (Å²) in [5.41, 5.74) is 2.26. The van der Waals surface area contributed by atoms with Gasteiger partial charge in [-0.3, -0.25) is 0 Å². The molecule has 3 aromatic rings. The van der Waals surface area contributed by atoms with Gasteiger partial charge in [0.1, 0.15) is 18.1 Å². The van der Waals surface area contributed by atoms with Crippen LogP contribution in [0.4, 0.5) is 0 Å². The zero-order chi connectivity index (χ0) is 16.9. The summed E-state index contributed by atoms with van der Waals surface area (Å²) in [6, 6.07) is 18.3. The fraction of sp³-hybridized carbons (Fsp3) is 0.250. The molecular formula is C20H23IN2O2. The lowest BCUT2D eigenvalue weighted by Crippen LogP contribution is -3.00. The fourth-order valence-corrected chi connectivity index (χ4v) is 2.82. The van der Waals surface area contributed by atoms with Crippen molar-refractivity contribution in [3.8, 4) is 5.75 Å². The van der Waals surface area contributed by atoms with Crippen molar-refractivity contribution in [1.29, 1.82) is 0 Å². The molecule has 1 unspecified atom stereocenters. The van der Waals surface area contributed by atoms with Crippen molar-refractivity contribution in [2.45, 2.75) is 12.7 Å². The highest BCUT2D eigenvalue weighted by Gasteiger charge is 2.26. The van der Waals surface area contributed by atoms with E-state index in [1.165, 1.54) is 0 Å². The van der Waals surface area contributed by atoms with E-state index in [0.717, 1.165) is 22.7 Å². The fourth-order valence-electron chi connectivity index (χ4n) is 2.82. The second-order valence-corrected chi connectivity index (χ2v) is 5.83. The minimum absolute atomic E-state index is 0. The maximum absolute atomic E-state index is 6.31. The molecule has 0 bridgehead atoms. The lowest BCUT2D eigenvalue weighted by atomic mass is 10.1. The molecule has 1 aromatic heterocycles. The summed E-state index contributed by atoms with van der Waals surface area (Å²) in [7, 11) is 5.76. The van der Waals surface area contributed by atoms with Crippen molar-refractivity contribution < 1.29 is 38.0 Å². The van der Waals surface area contributed by atoms with Crippen LogP contribution in [0.3, 0.4) is 0 Å². The summed E-state index contributed by atoms with van der Waals surface area (Å²) >= 11 is 0. The van der Waals surface area contributed by atoms with Crippen molar-refractivity contribution in [2.75, 3.05) is 7.11 Å². The molecule has 0 saturated carbocycles. The predicted octanol–water partition coefficient (Wildman–Crippen LogP) is 0.168. The van der Waals surface area contributed by atoms with E-state index in [4.69, 9.17) is 9.47 Å². The monoisotopic (exact) mass is 450 g/mol. The Kier molecular flexibility index (Phi) is 7.01. The number of methoxy groups -OCH3 is 1. The lowest BCUT2D eigenvalue weighted by Gasteiger charge is -2.16. The van der Waals surface area contributed by atoms with Gasteiger partial charge >= 0.3 is 0 Å². The number of hydrogen-bond acceptors (Lipinski definition) is 2. The standard InChI is InChI=1S/C20H23N2O2.HI/c1-21-13-14-22(2)20(21)19(17-7-5-4-6-8-17)24-15-16-9-11-18(23-3)12-10-16;/h4-14,19H,15H2,1-3H3;1H/q+1;/p-1. The molecule has 0 aliphatic rings. The van der Waals surface area contributed by atoms with Crippen LogP contribution in [0, 0.1) is 0 Å². The predicted molar refractivity (Wildman–Crippen MR) is 92.7 cm³/mol. The molecule has 5 heteroatoms. The van der Waals surface area contributed by atoms with Gasteiger partial charge in [0.2, 0.25) is 0 Å². The Morgan fingerprint density at radius 3 is 2.28 bits per heavy atom. The number of rotatable bonds is 6. The first kappa shape index (κ1) is 19.5. The highest BCUT2D eigenvalue weighted by molar-refractivity contribution is 5.27. The molecule has 0 spiro atoms. The Hall–Kier alpha value is -1.86. The van der Waals surface area contributed by atoms with Gasteiger partial charge in [0.05, 0.1) is 27.8 Å². The van der Waals surface area contributed by atoms with Crippen LogP contribution < -0.4 is 33.3 Å². The maximum atomic E-state index is 6.31. The van der Waals surface area contributed by atoms with Crippen LogP contribution in [0.5, 0.6) is 5.75 Å². The van der Waals surface area contributed by atoms with E-state index in [2.05, 4.69) is 21.3 Å². The summed E-state index contributed by atoms with van der Waals surface area (Å²) in [5, 5.41) is 0. The third-order valence-corrected chi connectivity index (χ3v) is 4.15. The van der Waals surface area contributed by atoms with Crippen molar-refractivity contribution >= 4 is 0 Å². The molecule has 0 fully saturated rings. The van der Waals surface area contributed by atoms with Crippen LogP contribution in [-0.2, 0) is 25.4 Å². The highest BCUT2D eigenvalue weighted by Crippen LogP contribution is 2.25. The van der Waals surface area contributed by atoms with E-state index in [1.54, 1.807) is 7.11 Å². The molecule has 3 rings (SSSR count). The zero-order valence-electron chi connectivity index (χ0n) is 14.7. The number of halogens is 1. The van der Waals surface area contributed by atoms with Crippen LogP contribution in [-0.4, -0.2) is 11.7 Å². The number of imidazole rings is 1. The van der Waals surface area contributed by atoms with Crippen molar-refractivity contribution in [3.05, 3.63) is 83.9 Å². The van der Waals surface area contributed by atoms with Gasteiger partial charge in [0.25, 0.3) is 5.82 Å². The molecule has 1 heterocycles. The number of benzene rings is 2. The number of aromatic nitrogens is 2. The van der Waals surface area contributed by atoms with Gasteiger partial charge in [-0.15, -0.1) is 0 Å². The molecule has 2 aromatic carbocycles. The van der Waals surface area contributed by atoms with E-state index in [-0.39, 0.29) is 30.1 Å². The average Bonchev–Trinajstić information content (AvgIpc) is 2.96. The van der Waals surface area contributed by atoms with Crippen LogP contribution in [0.2, 0.25) is 0 Å². The Morgan fingerprint density at radius 1 is 1.04 bits per heavy atom. The second kappa shape index (κ2) is 9.01. The summed E-state index contributed by atoms with van der Waals surface area (Å²) in [5.74, 6) is 1.96. The van der Waals surface area contributed by atoms with Crippen molar-refractivity contribution in [3.63, 3.8) is 0 Å². The number of ether oxygens (including phenoxy) is 2. The first-order valence-corrected chi connectivity index (χ1v) is 7.99. The average molecular weight is 450 g/mol. The van der Waals surface area contributed by atoms with Crippen LogP contribution in [0.1, 0.15) is 23.1 Å². The quantitative estimate of drug-likeness (QED) is 0.396. The van der Waals surface area contributed by atoms with Gasteiger partial charge in [-0.25, -0.2) is 9.13 Å². The smallest absolute Gasteiger partial charge is 0.290 e. The van der Waals surface area contributed by atoms with Crippen LogP contribution in [0.15, 0.2) is 67.0 Å². The first-order chi connectivity index (χ1) is 11.7. The van der Waals surface area contributed by atoms with E-state index in [1.807, 2.05) is 69.0 Å². The van der Waals surface area contributed by atoms with Gasteiger partial charge in [-0.1, -0.05) is 42.5 Å². The largest absolute Gasteiger partial charge is 1.00 e. The molecule has 25 heavy (non-hydrogen) atoms. The maximum Gasteiger partial charge on any atom is 0.290 e. The number of hydrogen-bond donors (Lipinski definition) is 0. The summed E-state index contributed by atoms with van der Waals surface area (Å²) in [6.45, 7) is 0.536. The van der Waals surface area contributed by atoms with Crippen molar-refractivity contribution in [2.24, 2.45) is 14.1 Å². The van der Waals surface area contributed by atoms with E-state index >= 15 is 0 Å². The molecular weight excluding hydrogens is 427 g/mol. The minimum atomic E-state index is -0.127. The molecule has 0 aliphatic heterocycles. The van der Waals surface area contributed by atoms with Gasteiger partial charge in [-0.05, 0) is 23.3 Å². The number of nitrogens with zero attached hydrogens (tertiary/aromatic N) is 2. The molecule has 0 N–H and O–H groups in total. The summed E-state index contributed by atoms with van der Waals surface area (Å²) in [4.78, 5) is 0. The molecule has 4 nitrogen and oxygen atoms in total. The number of aryl methyl sites for hydroxylation is 2. The van der Waals surface area contributed by atoms with E-state index in [0.29, 0.717) is 6.61 Å². The lowest BCUT2D eigenvalue weighted by molar-refractivity contribution is -0.682. The molecule has 0 saturated heterocycles. The topological polar surface area (TPSA) is 27.3 Å². The van der Waals surface area contributed by atoms with Gasteiger partial charge in [-0.2, -0.15) is 0 Å². The molecule has 1 atom stereocenters. The van der Waals surface area contributed by atoms with Crippen molar-refractivity contribution in [1.82, 2.24) is 4.57 Å². The minimum Gasteiger partial charge on any atom is -1.00 e. The molecule has 0 aliphatic carbocycles. The van der Waals surface area contributed by atoms with Crippen LogP contribution in [0.25, 0.3) is 0 Å². The molecule has 0 amide bonds. The Balaban J connectivity index is 0.00000225. The summed E-state index contributed by atoms with van der Waals surface area (Å²) in [6.07, 6.45) is 3.96. The van der Waals surface area contributed by atoms with E-state index in [9.17, 15) is 0 Å². The normalized spacial score (nSPS) is 11.6. The summed E-state index contributed by atoms with van der Waals surface area (Å²) < 4.78 is 15.7. The third kappa shape index (κ3) is 4.61. The van der Waals surface area contributed by atoms with Gasteiger partial charge < -0.3 is 33.5 Å². The molecule has 0 radical (unpaired) electrons. The Labute approximate surface area is 166 Å². The second-order valence-electron chi connectivity index (χ2n) is 5.83. The molecule has 132 valence electrons.